The lowest BCUT2D eigenvalue weighted by molar-refractivity contribution is 0.0919. The van der Waals surface area contributed by atoms with Gasteiger partial charge in [-0.05, 0) is 25.1 Å². The number of nitrogens with zero attached hydrogens (tertiary/aromatic N) is 2. The molecule has 4 heteroatoms. The smallest absolute Gasteiger partial charge is 0.243 e. The molecule has 0 saturated carbocycles. The molecule has 0 N–H and O–H groups in total. The van der Waals surface area contributed by atoms with Gasteiger partial charge in [-0.25, -0.2) is 4.68 Å². The van der Waals surface area contributed by atoms with Gasteiger partial charge >= 0.3 is 0 Å². The molecule has 14 heavy (non-hydrogen) atoms. The topological polar surface area (TPSA) is 34.9 Å². The minimum atomic E-state index is -0.0881. The zero-order chi connectivity index (χ0) is 10.3. The van der Waals surface area contributed by atoms with Gasteiger partial charge < -0.3 is 0 Å². The van der Waals surface area contributed by atoms with Gasteiger partial charge in [0.25, 0.3) is 0 Å². The summed E-state index contributed by atoms with van der Waals surface area (Å²) < 4.78 is 1.39. The normalized spacial score (nSPS) is 10.8. The third-order valence-electron chi connectivity index (χ3n) is 2.17. The molecule has 1 heterocycles. The van der Waals surface area contributed by atoms with E-state index < -0.39 is 0 Å². The lowest BCUT2D eigenvalue weighted by Crippen LogP contribution is -2.08. The van der Waals surface area contributed by atoms with Crippen molar-refractivity contribution in [3.63, 3.8) is 0 Å². The van der Waals surface area contributed by atoms with Crippen molar-refractivity contribution >= 4 is 28.4 Å². The predicted octanol–water partition coefficient (Wildman–Crippen LogP) is 2.66. The molecular formula is C10H9ClN2O. The number of carbonyl (C=O) groups is 1. The highest BCUT2D eigenvalue weighted by Gasteiger charge is 2.09. The van der Waals surface area contributed by atoms with Crippen molar-refractivity contribution in [2.24, 2.45) is 0 Å². The molecule has 0 atom stereocenters. The standard InChI is InChI=1S/C10H9ClN2O/c1-6-9-4-3-8(11)5-10(9)12-13(6)7(2)14/h3-5H,1-2H3. The predicted molar refractivity (Wildman–Crippen MR) is 55.8 cm³/mol. The van der Waals surface area contributed by atoms with Crippen LogP contribution >= 0.6 is 11.6 Å². The number of halogens is 1. The van der Waals surface area contributed by atoms with Crippen LogP contribution in [0.1, 0.15) is 17.4 Å². The van der Waals surface area contributed by atoms with Crippen LogP contribution in [0.3, 0.4) is 0 Å². The van der Waals surface area contributed by atoms with E-state index in [1.165, 1.54) is 11.6 Å². The van der Waals surface area contributed by atoms with Gasteiger partial charge in [0.1, 0.15) is 0 Å². The molecule has 0 aliphatic carbocycles. The van der Waals surface area contributed by atoms with E-state index in [1.807, 2.05) is 13.0 Å². The lowest BCUT2D eigenvalue weighted by Gasteiger charge is -1.95. The number of aryl methyl sites for hydroxylation is 1. The highest BCUT2D eigenvalue weighted by molar-refractivity contribution is 6.31. The molecule has 1 aromatic carbocycles. The van der Waals surface area contributed by atoms with Gasteiger partial charge in [0.2, 0.25) is 5.91 Å². The summed E-state index contributed by atoms with van der Waals surface area (Å²) in [4.78, 5) is 11.2. The first-order chi connectivity index (χ1) is 6.59. The van der Waals surface area contributed by atoms with Crippen molar-refractivity contribution in [1.82, 2.24) is 9.78 Å². The first kappa shape index (κ1) is 9.21. The molecule has 0 spiro atoms. The van der Waals surface area contributed by atoms with Crippen LogP contribution in [0.5, 0.6) is 0 Å². The fourth-order valence-electron chi connectivity index (χ4n) is 1.50. The summed E-state index contributed by atoms with van der Waals surface area (Å²) in [5.41, 5.74) is 1.61. The molecule has 0 amide bonds. The summed E-state index contributed by atoms with van der Waals surface area (Å²) in [6.07, 6.45) is 0. The molecule has 1 aromatic heterocycles. The maximum atomic E-state index is 11.2. The number of fused-ring (bicyclic) bond motifs is 1. The Bertz CT molecular complexity index is 516. The first-order valence-electron chi connectivity index (χ1n) is 4.25. The monoisotopic (exact) mass is 208 g/mol. The van der Waals surface area contributed by atoms with E-state index in [4.69, 9.17) is 11.6 Å². The maximum Gasteiger partial charge on any atom is 0.243 e. The average Bonchev–Trinajstić information content (AvgIpc) is 2.43. The van der Waals surface area contributed by atoms with Crippen molar-refractivity contribution < 1.29 is 4.79 Å². The van der Waals surface area contributed by atoms with E-state index in [2.05, 4.69) is 5.10 Å². The number of hydrogen-bond donors (Lipinski definition) is 0. The van der Waals surface area contributed by atoms with Gasteiger partial charge in [0.15, 0.2) is 0 Å². The van der Waals surface area contributed by atoms with Crippen molar-refractivity contribution in [3.8, 4) is 0 Å². The molecule has 0 radical (unpaired) electrons. The molecule has 0 saturated heterocycles. The average molecular weight is 209 g/mol. The number of aromatic nitrogens is 2. The summed E-state index contributed by atoms with van der Waals surface area (Å²) in [6, 6.07) is 5.42. The minimum Gasteiger partial charge on any atom is -0.273 e. The molecule has 2 aromatic rings. The van der Waals surface area contributed by atoms with Crippen molar-refractivity contribution in [2.45, 2.75) is 13.8 Å². The first-order valence-corrected chi connectivity index (χ1v) is 4.63. The third kappa shape index (κ3) is 1.30. The molecular weight excluding hydrogens is 200 g/mol. The fourth-order valence-corrected chi connectivity index (χ4v) is 1.66. The summed E-state index contributed by atoms with van der Waals surface area (Å²) in [6.45, 7) is 3.35. The Kier molecular flexibility index (Phi) is 2.04. The number of benzene rings is 1. The second kappa shape index (κ2) is 3.10. The van der Waals surface area contributed by atoms with Crippen LogP contribution in [0.2, 0.25) is 5.02 Å². The van der Waals surface area contributed by atoms with Gasteiger partial charge in [-0.1, -0.05) is 11.6 Å². The van der Waals surface area contributed by atoms with Crippen LogP contribution in [0, 0.1) is 6.92 Å². The molecule has 0 fully saturated rings. The van der Waals surface area contributed by atoms with Gasteiger partial charge in [-0.3, -0.25) is 4.79 Å². The highest BCUT2D eigenvalue weighted by atomic mass is 35.5. The Hall–Kier alpha value is -1.35. The lowest BCUT2D eigenvalue weighted by atomic mass is 10.2. The second-order valence-electron chi connectivity index (χ2n) is 3.18. The van der Waals surface area contributed by atoms with E-state index in [1.54, 1.807) is 12.1 Å². The van der Waals surface area contributed by atoms with Crippen LogP contribution in [-0.4, -0.2) is 15.7 Å². The maximum absolute atomic E-state index is 11.2. The van der Waals surface area contributed by atoms with Crippen molar-refractivity contribution in [2.75, 3.05) is 0 Å². The quantitative estimate of drug-likeness (QED) is 0.667. The van der Waals surface area contributed by atoms with Crippen molar-refractivity contribution in [1.29, 1.82) is 0 Å². The van der Waals surface area contributed by atoms with Crippen LogP contribution in [0.25, 0.3) is 10.9 Å². The molecule has 0 bridgehead atoms. The molecule has 2 rings (SSSR count). The van der Waals surface area contributed by atoms with E-state index in [0.717, 1.165) is 16.6 Å². The van der Waals surface area contributed by atoms with Crippen LogP contribution in [0.15, 0.2) is 18.2 Å². The highest BCUT2D eigenvalue weighted by Crippen LogP contribution is 2.21. The van der Waals surface area contributed by atoms with E-state index >= 15 is 0 Å². The molecule has 72 valence electrons. The van der Waals surface area contributed by atoms with E-state index in [0.29, 0.717) is 5.02 Å². The molecule has 0 unspecified atom stereocenters. The Labute approximate surface area is 86.3 Å². The van der Waals surface area contributed by atoms with Crippen LogP contribution in [-0.2, 0) is 0 Å². The Morgan fingerprint density at radius 1 is 1.50 bits per heavy atom. The largest absolute Gasteiger partial charge is 0.273 e. The zero-order valence-electron chi connectivity index (χ0n) is 7.91. The summed E-state index contributed by atoms with van der Waals surface area (Å²) in [7, 11) is 0. The van der Waals surface area contributed by atoms with Crippen molar-refractivity contribution in [3.05, 3.63) is 28.9 Å². The van der Waals surface area contributed by atoms with Gasteiger partial charge in [0.05, 0.1) is 11.2 Å². The third-order valence-corrected chi connectivity index (χ3v) is 2.41. The summed E-state index contributed by atoms with van der Waals surface area (Å²) >= 11 is 5.83. The molecule has 0 aliphatic rings. The van der Waals surface area contributed by atoms with Crippen LogP contribution in [0.4, 0.5) is 0 Å². The van der Waals surface area contributed by atoms with Gasteiger partial charge in [0, 0.05) is 17.3 Å². The second-order valence-corrected chi connectivity index (χ2v) is 3.61. The van der Waals surface area contributed by atoms with Crippen LogP contribution < -0.4 is 0 Å². The zero-order valence-corrected chi connectivity index (χ0v) is 8.67. The van der Waals surface area contributed by atoms with E-state index in [-0.39, 0.29) is 5.91 Å². The molecule has 3 nitrogen and oxygen atoms in total. The number of hydrogen-bond acceptors (Lipinski definition) is 2. The Morgan fingerprint density at radius 3 is 2.86 bits per heavy atom. The van der Waals surface area contributed by atoms with E-state index in [9.17, 15) is 4.79 Å². The molecule has 0 aliphatic heterocycles. The number of rotatable bonds is 0. The van der Waals surface area contributed by atoms with Gasteiger partial charge in [-0.2, -0.15) is 5.10 Å². The summed E-state index contributed by atoms with van der Waals surface area (Å²) in [5, 5.41) is 5.75. The fraction of sp³-hybridized carbons (Fsp3) is 0.200. The Morgan fingerprint density at radius 2 is 2.21 bits per heavy atom. The Balaban J connectivity index is 2.79. The SMILES string of the molecule is CC(=O)n1nc2cc(Cl)ccc2c1C. The van der Waals surface area contributed by atoms with Gasteiger partial charge in [-0.15, -0.1) is 0 Å². The summed E-state index contributed by atoms with van der Waals surface area (Å²) in [5.74, 6) is -0.0881. The minimum absolute atomic E-state index is 0.0881. The number of carbonyl (C=O) groups excluding carboxylic acids is 1.